The summed E-state index contributed by atoms with van der Waals surface area (Å²) < 4.78 is 3.34. The van der Waals surface area contributed by atoms with Crippen LogP contribution < -0.4 is 5.43 Å². The molecule has 0 aliphatic heterocycles. The lowest BCUT2D eigenvalue weighted by Gasteiger charge is -2.09. The van der Waals surface area contributed by atoms with Crippen LogP contribution in [0.15, 0.2) is 119 Å². The first kappa shape index (κ1) is 24.8. The van der Waals surface area contributed by atoms with Crippen LogP contribution in [0.5, 0.6) is 0 Å². The molecule has 0 radical (unpaired) electrons. The highest BCUT2D eigenvalue weighted by atomic mass is 79.9. The number of carbonyl (C=O) groups excluding carboxylic acids is 1. The summed E-state index contributed by atoms with van der Waals surface area (Å²) in [6, 6.07) is 36.0. The number of nitrogens with one attached hydrogen (secondary N) is 1. The summed E-state index contributed by atoms with van der Waals surface area (Å²) in [5, 5.41) is 6.28. The highest BCUT2D eigenvalue weighted by molar-refractivity contribution is 9.10. The van der Waals surface area contributed by atoms with E-state index in [1.165, 1.54) is 5.56 Å². The second kappa shape index (κ2) is 10.7. The molecule has 0 saturated carbocycles. The standard InChI is InChI=1S/C33H25BrN4O/c1-22-29(27-12-6-8-14-32(27)38(22)21-23-15-17-25(34)18-16-23)20-35-37-33(39)28-19-31(24-9-3-2-4-10-24)36-30-13-7-5-11-26(28)30/h2-20H,21H2,1H3,(H,37,39)/b35-20+. The van der Waals surface area contributed by atoms with E-state index in [0.29, 0.717) is 5.56 Å². The summed E-state index contributed by atoms with van der Waals surface area (Å²) in [6.45, 7) is 2.83. The summed E-state index contributed by atoms with van der Waals surface area (Å²) in [6.07, 6.45) is 1.75. The molecule has 6 heteroatoms. The van der Waals surface area contributed by atoms with Gasteiger partial charge in [-0.2, -0.15) is 5.10 Å². The molecule has 0 fully saturated rings. The highest BCUT2D eigenvalue weighted by Gasteiger charge is 2.15. The van der Waals surface area contributed by atoms with Crippen molar-refractivity contribution in [3.63, 3.8) is 0 Å². The fourth-order valence-electron chi connectivity index (χ4n) is 4.93. The monoisotopic (exact) mass is 572 g/mol. The second-order valence-corrected chi connectivity index (χ2v) is 10.3. The number of nitrogens with zero attached hydrogens (tertiary/aromatic N) is 3. The smallest absolute Gasteiger partial charge is 0.272 e. The topological polar surface area (TPSA) is 59.3 Å². The van der Waals surface area contributed by atoms with Crippen molar-refractivity contribution >= 4 is 49.9 Å². The Balaban J connectivity index is 1.32. The minimum atomic E-state index is -0.279. The van der Waals surface area contributed by atoms with Crippen LogP contribution in [0.3, 0.4) is 0 Å². The van der Waals surface area contributed by atoms with Crippen LogP contribution in [0.4, 0.5) is 0 Å². The third-order valence-corrected chi connectivity index (χ3v) is 7.45. The number of hydrogen-bond donors (Lipinski definition) is 1. The van der Waals surface area contributed by atoms with Gasteiger partial charge >= 0.3 is 0 Å². The van der Waals surface area contributed by atoms with Crippen molar-refractivity contribution in [3.05, 3.63) is 136 Å². The Morgan fingerprint density at radius 2 is 1.59 bits per heavy atom. The van der Waals surface area contributed by atoms with E-state index in [1.54, 1.807) is 6.21 Å². The molecule has 6 aromatic rings. The lowest BCUT2D eigenvalue weighted by molar-refractivity contribution is 0.0956. The van der Waals surface area contributed by atoms with E-state index in [9.17, 15) is 4.79 Å². The number of para-hydroxylation sites is 2. The molecule has 5 nitrogen and oxygen atoms in total. The van der Waals surface area contributed by atoms with Gasteiger partial charge in [-0.05, 0) is 42.8 Å². The maximum atomic E-state index is 13.4. The third kappa shape index (κ3) is 4.99. The van der Waals surface area contributed by atoms with Crippen LogP contribution in [0.2, 0.25) is 0 Å². The molecule has 0 saturated heterocycles. The van der Waals surface area contributed by atoms with E-state index in [0.717, 1.165) is 55.3 Å². The van der Waals surface area contributed by atoms with Gasteiger partial charge in [0.15, 0.2) is 0 Å². The zero-order chi connectivity index (χ0) is 26.8. The molecule has 1 amide bonds. The molecule has 0 atom stereocenters. The normalized spacial score (nSPS) is 11.4. The van der Waals surface area contributed by atoms with Crippen LogP contribution in [0.25, 0.3) is 33.1 Å². The molecule has 0 unspecified atom stereocenters. The first-order chi connectivity index (χ1) is 19.1. The average molecular weight is 573 g/mol. The van der Waals surface area contributed by atoms with Gasteiger partial charge in [-0.15, -0.1) is 0 Å². The molecule has 39 heavy (non-hydrogen) atoms. The van der Waals surface area contributed by atoms with Crippen molar-refractivity contribution in [2.24, 2.45) is 5.10 Å². The highest BCUT2D eigenvalue weighted by Crippen LogP contribution is 2.27. The number of amides is 1. The van der Waals surface area contributed by atoms with Crippen molar-refractivity contribution in [1.82, 2.24) is 15.0 Å². The van der Waals surface area contributed by atoms with E-state index in [-0.39, 0.29) is 5.91 Å². The van der Waals surface area contributed by atoms with Gasteiger partial charge in [-0.1, -0.05) is 94.8 Å². The van der Waals surface area contributed by atoms with Crippen molar-refractivity contribution in [2.45, 2.75) is 13.5 Å². The van der Waals surface area contributed by atoms with Crippen molar-refractivity contribution in [2.75, 3.05) is 0 Å². The number of hydrogen-bond acceptors (Lipinski definition) is 3. The van der Waals surface area contributed by atoms with E-state index >= 15 is 0 Å². The summed E-state index contributed by atoms with van der Waals surface area (Å²) in [5.41, 5.74) is 10.2. The van der Waals surface area contributed by atoms with Crippen LogP contribution in [-0.2, 0) is 6.54 Å². The largest absolute Gasteiger partial charge is 0.340 e. The van der Waals surface area contributed by atoms with Crippen molar-refractivity contribution < 1.29 is 4.79 Å². The minimum Gasteiger partial charge on any atom is -0.340 e. The molecule has 0 aliphatic carbocycles. The van der Waals surface area contributed by atoms with Gasteiger partial charge in [-0.3, -0.25) is 4.79 Å². The number of pyridine rings is 1. The molecular formula is C33H25BrN4O. The predicted octanol–water partition coefficient (Wildman–Crippen LogP) is 7.74. The Bertz CT molecular complexity index is 1840. The number of aromatic nitrogens is 2. The molecule has 2 aromatic heterocycles. The molecule has 4 aromatic carbocycles. The summed E-state index contributed by atoms with van der Waals surface area (Å²) in [7, 11) is 0. The number of hydrazone groups is 1. The van der Waals surface area contributed by atoms with Crippen LogP contribution >= 0.6 is 15.9 Å². The first-order valence-electron chi connectivity index (χ1n) is 12.7. The van der Waals surface area contributed by atoms with Crippen LogP contribution in [0.1, 0.15) is 27.2 Å². The predicted molar refractivity (Wildman–Crippen MR) is 162 cm³/mol. The summed E-state index contributed by atoms with van der Waals surface area (Å²) in [5.74, 6) is -0.279. The molecule has 190 valence electrons. The number of carbonyl (C=O) groups is 1. The van der Waals surface area contributed by atoms with Gasteiger partial charge in [0, 0.05) is 44.1 Å². The van der Waals surface area contributed by atoms with E-state index in [1.807, 2.05) is 72.8 Å². The van der Waals surface area contributed by atoms with Gasteiger partial charge < -0.3 is 4.57 Å². The van der Waals surface area contributed by atoms with Crippen LogP contribution in [0, 0.1) is 6.92 Å². The number of fused-ring (bicyclic) bond motifs is 2. The second-order valence-electron chi connectivity index (χ2n) is 9.37. The number of halogens is 1. The fraction of sp³-hybridized carbons (Fsp3) is 0.0606. The molecule has 2 heterocycles. The molecule has 0 bridgehead atoms. The van der Waals surface area contributed by atoms with Gasteiger partial charge in [-0.25, -0.2) is 10.4 Å². The zero-order valence-electron chi connectivity index (χ0n) is 21.3. The zero-order valence-corrected chi connectivity index (χ0v) is 22.9. The molecule has 0 spiro atoms. The SMILES string of the molecule is Cc1c(/C=N/NC(=O)c2cc(-c3ccccc3)nc3ccccc23)c2ccccc2n1Cc1ccc(Br)cc1. The lowest BCUT2D eigenvalue weighted by Crippen LogP contribution is -2.18. The Labute approximate surface area is 235 Å². The van der Waals surface area contributed by atoms with Gasteiger partial charge in [0.25, 0.3) is 5.91 Å². The van der Waals surface area contributed by atoms with Gasteiger partial charge in [0.2, 0.25) is 0 Å². The molecule has 1 N–H and O–H groups in total. The van der Waals surface area contributed by atoms with Crippen molar-refractivity contribution in [3.8, 4) is 11.3 Å². The quantitative estimate of drug-likeness (QED) is 0.164. The maximum Gasteiger partial charge on any atom is 0.272 e. The van der Waals surface area contributed by atoms with Gasteiger partial charge in [0.1, 0.15) is 0 Å². The fourth-order valence-corrected chi connectivity index (χ4v) is 5.20. The maximum absolute atomic E-state index is 13.4. The Hall–Kier alpha value is -4.55. The third-order valence-electron chi connectivity index (χ3n) is 6.92. The summed E-state index contributed by atoms with van der Waals surface area (Å²) in [4.78, 5) is 18.2. The average Bonchev–Trinajstić information content (AvgIpc) is 3.24. The van der Waals surface area contributed by atoms with Gasteiger partial charge in [0.05, 0.1) is 23.0 Å². The number of rotatable bonds is 6. The van der Waals surface area contributed by atoms with Crippen LogP contribution in [-0.4, -0.2) is 21.7 Å². The Morgan fingerprint density at radius 3 is 2.38 bits per heavy atom. The molecule has 6 rings (SSSR count). The minimum absolute atomic E-state index is 0.279. The van der Waals surface area contributed by atoms with E-state index in [4.69, 9.17) is 4.98 Å². The molecular weight excluding hydrogens is 548 g/mol. The first-order valence-corrected chi connectivity index (χ1v) is 13.5. The Morgan fingerprint density at radius 1 is 0.897 bits per heavy atom. The number of benzene rings is 4. The summed E-state index contributed by atoms with van der Waals surface area (Å²) >= 11 is 3.51. The van der Waals surface area contributed by atoms with E-state index < -0.39 is 0 Å². The van der Waals surface area contributed by atoms with E-state index in [2.05, 4.69) is 74.3 Å². The lowest BCUT2D eigenvalue weighted by atomic mass is 10.0. The van der Waals surface area contributed by atoms with Crippen molar-refractivity contribution in [1.29, 1.82) is 0 Å². The molecule has 0 aliphatic rings. The Kier molecular flexibility index (Phi) is 6.78.